The molecule has 122 valence electrons. The van der Waals surface area contributed by atoms with Gasteiger partial charge >= 0.3 is 11.8 Å². The van der Waals surface area contributed by atoms with E-state index in [1.807, 2.05) is 13.0 Å². The molecule has 1 aliphatic rings. The molecule has 7 heteroatoms. The highest BCUT2D eigenvalue weighted by Crippen LogP contribution is 2.32. The molecular weight excluding hydrogens is 296 g/mol. The minimum absolute atomic E-state index is 0.166. The Balaban J connectivity index is 1.71. The fourth-order valence-corrected chi connectivity index (χ4v) is 2.90. The van der Waals surface area contributed by atoms with Crippen LogP contribution in [-0.2, 0) is 23.1 Å². The van der Waals surface area contributed by atoms with E-state index in [0.29, 0.717) is 12.4 Å². The van der Waals surface area contributed by atoms with Crippen molar-refractivity contribution in [3.8, 4) is 0 Å². The van der Waals surface area contributed by atoms with Crippen LogP contribution < -0.4 is 5.32 Å². The largest absolute Gasteiger partial charge is 0.467 e. The third-order valence-corrected chi connectivity index (χ3v) is 4.11. The predicted molar refractivity (Wildman–Crippen MR) is 83.6 cm³/mol. The number of carbonyl (C=O) groups excluding carboxylic acids is 2. The van der Waals surface area contributed by atoms with Crippen LogP contribution in [0.5, 0.6) is 0 Å². The molecular formula is C16H20N4O3. The smallest absolute Gasteiger partial charge is 0.315 e. The molecule has 2 aromatic heterocycles. The van der Waals surface area contributed by atoms with Gasteiger partial charge in [-0.05, 0) is 31.4 Å². The highest BCUT2D eigenvalue weighted by Gasteiger charge is 2.35. The number of aromatic nitrogens is 2. The molecule has 0 aromatic carbocycles. The first-order chi connectivity index (χ1) is 11.1. The van der Waals surface area contributed by atoms with E-state index in [0.717, 1.165) is 30.7 Å². The van der Waals surface area contributed by atoms with Crippen molar-refractivity contribution >= 4 is 17.6 Å². The van der Waals surface area contributed by atoms with Crippen LogP contribution in [0.4, 0.5) is 5.82 Å². The number of hydrogen-bond donors (Lipinski definition) is 1. The van der Waals surface area contributed by atoms with Gasteiger partial charge in [-0.25, -0.2) is 0 Å². The van der Waals surface area contributed by atoms with Crippen molar-refractivity contribution in [1.82, 2.24) is 14.7 Å². The van der Waals surface area contributed by atoms with E-state index < -0.39 is 11.8 Å². The van der Waals surface area contributed by atoms with Crippen molar-refractivity contribution < 1.29 is 14.0 Å². The van der Waals surface area contributed by atoms with Crippen LogP contribution >= 0.6 is 0 Å². The first-order valence-electron chi connectivity index (χ1n) is 7.78. The van der Waals surface area contributed by atoms with Crippen molar-refractivity contribution in [1.29, 1.82) is 0 Å². The van der Waals surface area contributed by atoms with Gasteiger partial charge in [-0.1, -0.05) is 6.92 Å². The van der Waals surface area contributed by atoms with E-state index in [4.69, 9.17) is 4.42 Å². The van der Waals surface area contributed by atoms with Crippen LogP contribution in [0.15, 0.2) is 28.9 Å². The summed E-state index contributed by atoms with van der Waals surface area (Å²) in [6.07, 6.45) is 4.01. The highest BCUT2D eigenvalue weighted by molar-refractivity contribution is 6.39. The molecule has 0 bridgehead atoms. The highest BCUT2D eigenvalue weighted by atomic mass is 16.3. The Hall–Kier alpha value is -2.57. The van der Waals surface area contributed by atoms with Crippen LogP contribution in [-0.4, -0.2) is 33.0 Å². The third kappa shape index (κ3) is 2.99. The van der Waals surface area contributed by atoms with Crippen molar-refractivity contribution in [3.63, 3.8) is 0 Å². The van der Waals surface area contributed by atoms with Gasteiger partial charge < -0.3 is 14.6 Å². The van der Waals surface area contributed by atoms with Crippen LogP contribution in [0.1, 0.15) is 37.3 Å². The lowest BCUT2D eigenvalue weighted by atomic mass is 10.1. The SMILES string of the molecule is CCc1cc(NC(=O)C(=O)N2CCC[C@@H]2c2ccco2)n(C)n1. The Kier molecular flexibility index (Phi) is 4.18. The Morgan fingerprint density at radius 1 is 1.48 bits per heavy atom. The van der Waals surface area contributed by atoms with E-state index in [1.165, 1.54) is 0 Å². The summed E-state index contributed by atoms with van der Waals surface area (Å²) in [5.41, 5.74) is 0.866. The minimum atomic E-state index is -0.644. The van der Waals surface area contributed by atoms with Gasteiger partial charge in [-0.15, -0.1) is 0 Å². The van der Waals surface area contributed by atoms with Gasteiger partial charge in [0.15, 0.2) is 0 Å². The monoisotopic (exact) mass is 316 g/mol. The van der Waals surface area contributed by atoms with E-state index in [-0.39, 0.29) is 6.04 Å². The number of amides is 2. The first-order valence-corrected chi connectivity index (χ1v) is 7.78. The van der Waals surface area contributed by atoms with E-state index in [9.17, 15) is 9.59 Å². The summed E-state index contributed by atoms with van der Waals surface area (Å²) < 4.78 is 6.96. The number of carbonyl (C=O) groups is 2. The maximum absolute atomic E-state index is 12.5. The first kappa shape index (κ1) is 15.3. The summed E-state index contributed by atoms with van der Waals surface area (Å²) in [5.74, 6) is 0.0589. The minimum Gasteiger partial charge on any atom is -0.467 e. The number of anilines is 1. The number of nitrogens with zero attached hydrogens (tertiary/aromatic N) is 3. The summed E-state index contributed by atoms with van der Waals surface area (Å²) in [6.45, 7) is 2.54. The molecule has 1 aliphatic heterocycles. The fraction of sp³-hybridized carbons (Fsp3) is 0.438. The van der Waals surface area contributed by atoms with E-state index in [2.05, 4.69) is 10.4 Å². The lowest BCUT2D eigenvalue weighted by molar-refractivity contribution is -0.144. The number of rotatable bonds is 3. The van der Waals surface area contributed by atoms with Crippen LogP contribution in [0.3, 0.4) is 0 Å². The van der Waals surface area contributed by atoms with Gasteiger partial charge in [-0.2, -0.15) is 5.10 Å². The second kappa shape index (κ2) is 6.28. The van der Waals surface area contributed by atoms with Gasteiger partial charge in [0.1, 0.15) is 11.6 Å². The maximum atomic E-state index is 12.5. The summed E-state index contributed by atoms with van der Waals surface area (Å²) in [7, 11) is 1.74. The normalized spacial score (nSPS) is 17.5. The molecule has 23 heavy (non-hydrogen) atoms. The number of hydrogen-bond acceptors (Lipinski definition) is 4. The average Bonchev–Trinajstić information content (AvgIpc) is 3.26. The molecule has 7 nitrogen and oxygen atoms in total. The van der Waals surface area contributed by atoms with Crippen LogP contribution in [0, 0.1) is 0 Å². The molecule has 0 saturated carbocycles. The molecule has 0 unspecified atom stereocenters. The summed E-state index contributed by atoms with van der Waals surface area (Å²) in [4.78, 5) is 26.4. The number of likely N-dealkylation sites (tertiary alicyclic amines) is 1. The Morgan fingerprint density at radius 3 is 2.96 bits per heavy atom. The lowest BCUT2D eigenvalue weighted by Crippen LogP contribution is -2.39. The molecule has 2 amide bonds. The molecule has 0 radical (unpaired) electrons. The van der Waals surface area contributed by atoms with Crippen LogP contribution in [0.2, 0.25) is 0 Å². The molecule has 0 spiro atoms. The molecule has 3 heterocycles. The zero-order valence-corrected chi connectivity index (χ0v) is 13.3. The third-order valence-electron chi connectivity index (χ3n) is 4.11. The molecule has 3 rings (SSSR count). The standard InChI is InChI=1S/C16H20N4O3/c1-3-11-10-14(19(2)18-11)17-15(21)16(22)20-8-4-6-12(20)13-7-5-9-23-13/h5,7,9-10,12H,3-4,6,8H2,1-2H3,(H,17,21)/t12-/m1/s1. The van der Waals surface area contributed by atoms with Crippen molar-refractivity contribution in [2.45, 2.75) is 32.2 Å². The van der Waals surface area contributed by atoms with Gasteiger partial charge in [0.25, 0.3) is 0 Å². The molecule has 1 N–H and O–H groups in total. The van der Waals surface area contributed by atoms with Gasteiger partial charge in [0.2, 0.25) is 0 Å². The molecule has 2 aromatic rings. The predicted octanol–water partition coefficient (Wildman–Crippen LogP) is 1.88. The van der Waals surface area contributed by atoms with Crippen molar-refractivity contribution in [2.24, 2.45) is 7.05 Å². The van der Waals surface area contributed by atoms with Gasteiger partial charge in [0.05, 0.1) is 18.0 Å². The Bertz CT molecular complexity index is 705. The quantitative estimate of drug-likeness (QED) is 0.877. The van der Waals surface area contributed by atoms with Crippen LogP contribution in [0.25, 0.3) is 0 Å². The number of aryl methyl sites for hydroxylation is 2. The second-order valence-electron chi connectivity index (χ2n) is 5.62. The maximum Gasteiger partial charge on any atom is 0.315 e. The topological polar surface area (TPSA) is 80.4 Å². The van der Waals surface area contributed by atoms with E-state index in [1.54, 1.807) is 35.0 Å². The summed E-state index contributed by atoms with van der Waals surface area (Å²) >= 11 is 0. The lowest BCUT2D eigenvalue weighted by Gasteiger charge is -2.22. The molecule has 1 saturated heterocycles. The summed E-state index contributed by atoms with van der Waals surface area (Å²) in [6, 6.07) is 5.24. The van der Waals surface area contributed by atoms with E-state index >= 15 is 0 Å². The fourth-order valence-electron chi connectivity index (χ4n) is 2.90. The van der Waals surface area contributed by atoms with Gasteiger partial charge in [-0.3, -0.25) is 14.3 Å². The Morgan fingerprint density at radius 2 is 2.30 bits per heavy atom. The number of nitrogens with one attached hydrogen (secondary N) is 1. The average molecular weight is 316 g/mol. The summed E-state index contributed by atoms with van der Waals surface area (Å²) in [5, 5.41) is 6.90. The zero-order valence-electron chi connectivity index (χ0n) is 13.3. The van der Waals surface area contributed by atoms with Gasteiger partial charge in [0, 0.05) is 19.7 Å². The van der Waals surface area contributed by atoms with Crippen molar-refractivity contribution in [2.75, 3.05) is 11.9 Å². The second-order valence-corrected chi connectivity index (χ2v) is 5.62. The molecule has 1 fully saturated rings. The Labute approximate surface area is 134 Å². The van der Waals surface area contributed by atoms with Crippen molar-refractivity contribution in [3.05, 3.63) is 35.9 Å². The molecule has 1 atom stereocenters. The molecule has 0 aliphatic carbocycles. The zero-order chi connectivity index (χ0) is 16.4. The number of furan rings is 1.